The number of hydrogen-bond acceptors (Lipinski definition) is 4. The Balaban J connectivity index is 1.77. The smallest absolute Gasteiger partial charge is 0.449 e. The number of para-hydroxylation sites is 2. The molecule has 0 saturated carbocycles. The van der Waals surface area contributed by atoms with E-state index >= 15 is 0 Å². The number of fused-ring (bicyclic) bond motifs is 1. The summed E-state index contributed by atoms with van der Waals surface area (Å²) in [5, 5.41) is 0. The number of ether oxygens (including phenoxy) is 1. The Kier molecular flexibility index (Phi) is 5.44. The zero-order valence-corrected chi connectivity index (χ0v) is 15.5. The molecular formula is C19H17F3N4O3. The van der Waals surface area contributed by atoms with Gasteiger partial charge >= 0.3 is 6.18 Å². The number of methoxy groups -OCH3 is 1. The van der Waals surface area contributed by atoms with Crippen molar-refractivity contribution in [3.8, 4) is 5.75 Å². The van der Waals surface area contributed by atoms with E-state index in [1.807, 2.05) is 0 Å². The number of amides is 2. The van der Waals surface area contributed by atoms with Crippen LogP contribution in [0, 0.1) is 6.92 Å². The lowest BCUT2D eigenvalue weighted by Gasteiger charge is -2.13. The molecule has 0 radical (unpaired) electrons. The Labute approximate surface area is 163 Å². The lowest BCUT2D eigenvalue weighted by Crippen LogP contribution is -2.43. The fraction of sp³-hybridized carbons (Fsp3) is 0.211. The van der Waals surface area contributed by atoms with Crippen molar-refractivity contribution in [1.82, 2.24) is 20.4 Å². The number of hydrazine groups is 1. The first-order chi connectivity index (χ1) is 13.7. The van der Waals surface area contributed by atoms with E-state index in [2.05, 4.69) is 15.8 Å². The molecule has 0 saturated heterocycles. The fourth-order valence-electron chi connectivity index (χ4n) is 2.83. The minimum absolute atomic E-state index is 0.112. The van der Waals surface area contributed by atoms with Crippen molar-refractivity contribution >= 4 is 22.8 Å². The van der Waals surface area contributed by atoms with Crippen LogP contribution in [-0.2, 0) is 17.5 Å². The Bertz CT molecular complexity index is 1080. The number of aromatic nitrogens is 2. The van der Waals surface area contributed by atoms with Gasteiger partial charge in [0.15, 0.2) is 0 Å². The number of alkyl halides is 3. The van der Waals surface area contributed by atoms with E-state index in [0.29, 0.717) is 5.75 Å². The minimum atomic E-state index is -4.74. The zero-order valence-electron chi connectivity index (χ0n) is 15.5. The van der Waals surface area contributed by atoms with Crippen molar-refractivity contribution in [1.29, 1.82) is 0 Å². The lowest BCUT2D eigenvalue weighted by molar-refractivity contribution is -0.147. The molecule has 3 rings (SSSR count). The number of aryl methyl sites for hydroxylation is 1. The Morgan fingerprint density at radius 1 is 1.14 bits per heavy atom. The van der Waals surface area contributed by atoms with Gasteiger partial charge in [-0.15, -0.1) is 0 Å². The van der Waals surface area contributed by atoms with E-state index < -0.39 is 30.4 Å². The van der Waals surface area contributed by atoms with Crippen molar-refractivity contribution < 1.29 is 27.5 Å². The number of carbonyl (C=O) groups excluding carboxylic acids is 2. The zero-order chi connectivity index (χ0) is 21.2. The molecule has 0 atom stereocenters. The van der Waals surface area contributed by atoms with Crippen LogP contribution in [0.1, 0.15) is 21.7 Å². The molecule has 0 bridgehead atoms. The van der Waals surface area contributed by atoms with E-state index in [1.165, 1.54) is 19.2 Å². The van der Waals surface area contributed by atoms with E-state index in [9.17, 15) is 22.8 Å². The number of nitrogens with zero attached hydrogens (tertiary/aromatic N) is 2. The second-order valence-corrected chi connectivity index (χ2v) is 6.21. The normalized spacial score (nSPS) is 11.3. The van der Waals surface area contributed by atoms with Crippen molar-refractivity contribution in [2.45, 2.75) is 19.6 Å². The largest absolute Gasteiger partial charge is 0.496 e. The highest BCUT2D eigenvalue weighted by atomic mass is 19.4. The molecule has 3 aromatic rings. The molecule has 1 heterocycles. The number of imidazole rings is 1. The van der Waals surface area contributed by atoms with Gasteiger partial charge in [-0.05, 0) is 31.2 Å². The van der Waals surface area contributed by atoms with E-state index in [1.54, 1.807) is 37.3 Å². The van der Waals surface area contributed by atoms with Gasteiger partial charge in [0, 0.05) is 0 Å². The van der Waals surface area contributed by atoms with Crippen LogP contribution in [-0.4, -0.2) is 28.5 Å². The van der Waals surface area contributed by atoms with Crippen LogP contribution in [0.4, 0.5) is 13.2 Å². The average molecular weight is 406 g/mol. The highest BCUT2D eigenvalue weighted by Crippen LogP contribution is 2.31. The molecule has 0 spiro atoms. The van der Waals surface area contributed by atoms with Gasteiger partial charge in [-0.3, -0.25) is 20.4 Å². The van der Waals surface area contributed by atoms with Gasteiger partial charge < -0.3 is 9.30 Å². The molecule has 152 valence electrons. The van der Waals surface area contributed by atoms with Gasteiger partial charge in [-0.2, -0.15) is 13.2 Å². The van der Waals surface area contributed by atoms with Gasteiger partial charge in [-0.1, -0.05) is 23.8 Å². The first-order valence-corrected chi connectivity index (χ1v) is 8.47. The summed E-state index contributed by atoms with van der Waals surface area (Å²) in [7, 11) is 1.39. The summed E-state index contributed by atoms with van der Waals surface area (Å²) in [5.41, 5.74) is 5.55. The van der Waals surface area contributed by atoms with Crippen LogP contribution in [0.3, 0.4) is 0 Å². The second kappa shape index (κ2) is 7.82. The third-order valence-corrected chi connectivity index (χ3v) is 4.12. The minimum Gasteiger partial charge on any atom is -0.496 e. The van der Waals surface area contributed by atoms with Gasteiger partial charge in [0.25, 0.3) is 11.8 Å². The summed E-state index contributed by atoms with van der Waals surface area (Å²) in [6.45, 7) is 1.10. The molecule has 0 aliphatic rings. The number of carbonyl (C=O) groups is 2. The fourth-order valence-corrected chi connectivity index (χ4v) is 2.83. The monoisotopic (exact) mass is 406 g/mol. The van der Waals surface area contributed by atoms with Crippen molar-refractivity contribution in [2.75, 3.05) is 7.11 Å². The van der Waals surface area contributed by atoms with Gasteiger partial charge in [0.05, 0.1) is 23.7 Å². The van der Waals surface area contributed by atoms with Crippen LogP contribution in [0.5, 0.6) is 5.75 Å². The summed E-state index contributed by atoms with van der Waals surface area (Å²) in [6.07, 6.45) is -4.74. The summed E-state index contributed by atoms with van der Waals surface area (Å²) in [4.78, 5) is 28.1. The van der Waals surface area contributed by atoms with Crippen molar-refractivity contribution in [2.24, 2.45) is 0 Å². The lowest BCUT2D eigenvalue weighted by atomic mass is 10.1. The molecule has 2 N–H and O–H groups in total. The molecule has 0 aliphatic heterocycles. The SMILES string of the molecule is COc1ccc(C)cc1C(=O)NNC(=O)Cn1c(C(F)(F)F)nc2ccccc21. The number of hydrogen-bond donors (Lipinski definition) is 2. The topological polar surface area (TPSA) is 85.3 Å². The predicted octanol–water partition coefficient (Wildman–Crippen LogP) is 2.83. The van der Waals surface area contributed by atoms with Gasteiger partial charge in [0.2, 0.25) is 5.82 Å². The van der Waals surface area contributed by atoms with E-state index in [0.717, 1.165) is 10.1 Å². The molecule has 7 nitrogen and oxygen atoms in total. The van der Waals surface area contributed by atoms with Crippen LogP contribution in [0.2, 0.25) is 0 Å². The first-order valence-electron chi connectivity index (χ1n) is 8.47. The maximum Gasteiger partial charge on any atom is 0.449 e. The van der Waals surface area contributed by atoms with Crippen molar-refractivity contribution in [3.63, 3.8) is 0 Å². The van der Waals surface area contributed by atoms with Crippen LogP contribution < -0.4 is 15.6 Å². The second-order valence-electron chi connectivity index (χ2n) is 6.21. The van der Waals surface area contributed by atoms with Crippen molar-refractivity contribution in [3.05, 3.63) is 59.4 Å². The summed E-state index contributed by atoms with van der Waals surface area (Å²) in [5.74, 6) is -2.41. The number of halogens is 3. The molecular weight excluding hydrogens is 389 g/mol. The summed E-state index contributed by atoms with van der Waals surface area (Å²) >= 11 is 0. The Hall–Kier alpha value is -3.56. The quantitative estimate of drug-likeness (QED) is 0.653. The number of benzene rings is 2. The average Bonchev–Trinajstić information content (AvgIpc) is 3.05. The van der Waals surface area contributed by atoms with E-state index in [-0.39, 0.29) is 16.6 Å². The maximum atomic E-state index is 13.3. The van der Waals surface area contributed by atoms with Gasteiger partial charge in [0.1, 0.15) is 12.3 Å². The summed E-state index contributed by atoms with van der Waals surface area (Å²) in [6, 6.07) is 10.9. The molecule has 0 unspecified atom stereocenters. The molecule has 2 aromatic carbocycles. The highest BCUT2D eigenvalue weighted by Gasteiger charge is 2.38. The first kappa shape index (κ1) is 20.2. The van der Waals surface area contributed by atoms with Gasteiger partial charge in [-0.25, -0.2) is 4.98 Å². The van der Waals surface area contributed by atoms with Crippen LogP contribution >= 0.6 is 0 Å². The standard InChI is InChI=1S/C19H17F3N4O3/c1-11-7-8-15(29-2)12(9-11)17(28)25-24-16(27)10-26-14-6-4-3-5-13(14)23-18(26)19(20,21)22/h3-9H,10H2,1-2H3,(H,24,27)(H,25,28). The predicted molar refractivity (Wildman–Crippen MR) is 98.1 cm³/mol. The number of nitrogens with one attached hydrogen (secondary N) is 2. The molecule has 2 amide bonds. The molecule has 0 fully saturated rings. The maximum absolute atomic E-state index is 13.3. The summed E-state index contributed by atoms with van der Waals surface area (Å²) < 4.78 is 45.7. The Morgan fingerprint density at radius 2 is 1.86 bits per heavy atom. The Morgan fingerprint density at radius 3 is 2.55 bits per heavy atom. The van der Waals surface area contributed by atoms with Crippen LogP contribution in [0.25, 0.3) is 11.0 Å². The number of rotatable bonds is 4. The third-order valence-electron chi connectivity index (χ3n) is 4.12. The molecule has 0 aliphatic carbocycles. The molecule has 29 heavy (non-hydrogen) atoms. The molecule has 10 heteroatoms. The van der Waals surface area contributed by atoms with Crippen LogP contribution in [0.15, 0.2) is 42.5 Å². The highest BCUT2D eigenvalue weighted by molar-refractivity contribution is 5.98. The third kappa shape index (κ3) is 4.31. The van der Waals surface area contributed by atoms with E-state index in [4.69, 9.17) is 4.74 Å². The molecule has 1 aromatic heterocycles.